The van der Waals surface area contributed by atoms with E-state index in [2.05, 4.69) is 21.4 Å². The minimum atomic E-state index is -0.703. The van der Waals surface area contributed by atoms with Gasteiger partial charge in [-0.05, 0) is 57.6 Å². The minimum absolute atomic E-state index is 0.0375. The molecule has 1 aliphatic carbocycles. The number of nitrogens with one attached hydrogen (secondary N) is 1. The summed E-state index contributed by atoms with van der Waals surface area (Å²) < 4.78 is 1.96. The van der Waals surface area contributed by atoms with Crippen LogP contribution >= 0.6 is 0 Å². The molecule has 0 bridgehead atoms. The fourth-order valence-corrected chi connectivity index (χ4v) is 3.49. The molecule has 0 spiro atoms. The maximum atomic E-state index is 12.4. The van der Waals surface area contributed by atoms with Crippen molar-refractivity contribution in [3.63, 3.8) is 0 Å². The fraction of sp³-hybridized carbons (Fsp3) is 0.706. The lowest BCUT2D eigenvalue weighted by Crippen LogP contribution is -2.51. The summed E-state index contributed by atoms with van der Waals surface area (Å²) in [7, 11) is 0. The zero-order chi connectivity index (χ0) is 16.4. The van der Waals surface area contributed by atoms with Gasteiger partial charge >= 0.3 is 0 Å². The predicted octanol–water partition coefficient (Wildman–Crippen LogP) is 1.46. The van der Waals surface area contributed by atoms with Crippen LogP contribution in [0.2, 0.25) is 0 Å². The molecule has 23 heavy (non-hydrogen) atoms. The molecule has 2 fully saturated rings. The quantitative estimate of drug-likeness (QED) is 0.862. The maximum Gasteiger partial charge on any atom is 0.235 e. The predicted molar refractivity (Wildman–Crippen MR) is 86.4 cm³/mol. The third-order valence-corrected chi connectivity index (χ3v) is 5.03. The first-order chi connectivity index (χ1) is 11.0. The molecule has 2 heterocycles. The van der Waals surface area contributed by atoms with E-state index in [-0.39, 0.29) is 5.91 Å². The van der Waals surface area contributed by atoms with Crippen molar-refractivity contribution in [3.8, 4) is 6.07 Å². The molecule has 1 N–H and O–H groups in total. The summed E-state index contributed by atoms with van der Waals surface area (Å²) in [6.07, 6.45) is 8.17. The number of amides is 1. The second-order valence-corrected chi connectivity index (χ2v) is 7.14. The van der Waals surface area contributed by atoms with E-state index in [1.54, 1.807) is 0 Å². The Hall–Kier alpha value is -1.87. The summed E-state index contributed by atoms with van der Waals surface area (Å²) in [5, 5.41) is 16.7. The van der Waals surface area contributed by atoms with Crippen LogP contribution in [0.1, 0.15) is 38.2 Å². The molecule has 1 saturated carbocycles. The molecular formula is C17H25N5O. The monoisotopic (exact) mass is 315 g/mol. The molecule has 1 saturated heterocycles. The number of rotatable bonds is 6. The van der Waals surface area contributed by atoms with E-state index < -0.39 is 5.54 Å². The molecule has 6 nitrogen and oxygen atoms in total. The number of aromatic nitrogens is 2. The smallest absolute Gasteiger partial charge is 0.235 e. The van der Waals surface area contributed by atoms with Gasteiger partial charge in [-0.2, -0.15) is 10.4 Å². The highest BCUT2D eigenvalue weighted by atomic mass is 16.2. The van der Waals surface area contributed by atoms with Crippen molar-refractivity contribution in [1.29, 1.82) is 5.26 Å². The Morgan fingerprint density at radius 1 is 1.52 bits per heavy atom. The van der Waals surface area contributed by atoms with Crippen LogP contribution in [0.3, 0.4) is 0 Å². The molecule has 2 aliphatic rings. The van der Waals surface area contributed by atoms with Gasteiger partial charge in [0.15, 0.2) is 0 Å². The summed E-state index contributed by atoms with van der Waals surface area (Å²) in [6.45, 7) is 6.00. The maximum absolute atomic E-state index is 12.4. The highest BCUT2D eigenvalue weighted by Crippen LogP contribution is 2.39. The zero-order valence-corrected chi connectivity index (χ0v) is 14.0. The van der Waals surface area contributed by atoms with E-state index >= 15 is 0 Å². The van der Waals surface area contributed by atoms with Crippen molar-refractivity contribution >= 4 is 5.91 Å². The topological polar surface area (TPSA) is 74.0 Å². The first-order valence-corrected chi connectivity index (χ1v) is 8.45. The highest BCUT2D eigenvalue weighted by Gasteiger charge is 2.43. The second kappa shape index (κ2) is 6.32. The number of nitrogens with zero attached hydrogens (tertiary/aromatic N) is 4. The zero-order valence-electron chi connectivity index (χ0n) is 14.0. The molecule has 1 aromatic rings. The summed E-state index contributed by atoms with van der Waals surface area (Å²) >= 11 is 0. The van der Waals surface area contributed by atoms with E-state index in [1.165, 1.54) is 0 Å². The van der Waals surface area contributed by atoms with E-state index in [9.17, 15) is 10.1 Å². The second-order valence-electron chi connectivity index (χ2n) is 7.14. The molecule has 1 aromatic heterocycles. The standard InChI is InChI=1S/C17H25N5O/c1-13-8-19-22(9-13)10-15-4-3-7-21(15)11-16(23)20-17(2,12-18)14-5-6-14/h8-9,14-15H,3-7,10-11H2,1-2H3,(H,20,23). The third-order valence-electron chi connectivity index (χ3n) is 5.03. The Bertz CT molecular complexity index is 615. The average Bonchev–Trinajstić information content (AvgIpc) is 3.18. The molecule has 2 unspecified atom stereocenters. The van der Waals surface area contributed by atoms with Gasteiger partial charge in [-0.25, -0.2) is 0 Å². The van der Waals surface area contributed by atoms with E-state index in [0.717, 1.165) is 44.3 Å². The minimum Gasteiger partial charge on any atom is -0.337 e. The Kier molecular flexibility index (Phi) is 4.40. The fourth-order valence-electron chi connectivity index (χ4n) is 3.49. The van der Waals surface area contributed by atoms with Gasteiger partial charge in [0.25, 0.3) is 0 Å². The van der Waals surface area contributed by atoms with Gasteiger partial charge < -0.3 is 5.32 Å². The summed E-state index contributed by atoms with van der Waals surface area (Å²) in [5.41, 5.74) is 0.451. The van der Waals surface area contributed by atoms with Gasteiger partial charge in [0.2, 0.25) is 5.91 Å². The molecule has 2 atom stereocenters. The van der Waals surface area contributed by atoms with E-state index in [4.69, 9.17) is 0 Å². The summed E-state index contributed by atoms with van der Waals surface area (Å²) in [5.74, 6) is 0.280. The van der Waals surface area contributed by atoms with Crippen LogP contribution in [0.15, 0.2) is 12.4 Å². The van der Waals surface area contributed by atoms with Crippen molar-refractivity contribution < 1.29 is 4.79 Å². The van der Waals surface area contributed by atoms with Crippen molar-refractivity contribution in [2.45, 2.75) is 57.7 Å². The number of hydrogen-bond donors (Lipinski definition) is 1. The van der Waals surface area contributed by atoms with Crippen LogP contribution in [-0.4, -0.2) is 45.3 Å². The van der Waals surface area contributed by atoms with Gasteiger partial charge in [0.05, 0.1) is 25.4 Å². The van der Waals surface area contributed by atoms with Crippen LogP contribution in [0.4, 0.5) is 0 Å². The molecule has 6 heteroatoms. The third kappa shape index (κ3) is 3.73. The molecule has 0 aromatic carbocycles. The molecule has 1 amide bonds. The number of nitriles is 1. The lowest BCUT2D eigenvalue weighted by atomic mass is 9.98. The number of likely N-dealkylation sites (tertiary alicyclic amines) is 1. The van der Waals surface area contributed by atoms with Crippen LogP contribution in [-0.2, 0) is 11.3 Å². The number of carbonyl (C=O) groups excluding carboxylic acids is 1. The van der Waals surface area contributed by atoms with Gasteiger partial charge in [-0.3, -0.25) is 14.4 Å². The molecule has 1 aliphatic heterocycles. The van der Waals surface area contributed by atoms with Crippen LogP contribution in [0, 0.1) is 24.2 Å². The van der Waals surface area contributed by atoms with Gasteiger partial charge in [0.1, 0.15) is 5.54 Å². The molecule has 3 rings (SSSR count). The van der Waals surface area contributed by atoms with E-state index in [1.807, 2.05) is 30.9 Å². The number of aryl methyl sites for hydroxylation is 1. The summed E-state index contributed by atoms with van der Waals surface area (Å²) in [4.78, 5) is 14.6. The number of hydrogen-bond acceptors (Lipinski definition) is 4. The number of carbonyl (C=O) groups is 1. The Labute approximate surface area is 137 Å². The van der Waals surface area contributed by atoms with Gasteiger partial charge in [-0.1, -0.05) is 0 Å². The molecular weight excluding hydrogens is 290 g/mol. The van der Waals surface area contributed by atoms with E-state index in [0.29, 0.717) is 18.5 Å². The first-order valence-electron chi connectivity index (χ1n) is 8.45. The Morgan fingerprint density at radius 2 is 2.30 bits per heavy atom. The SMILES string of the molecule is Cc1cnn(CC2CCCN2CC(=O)NC(C)(C#N)C2CC2)c1. The normalized spacial score (nSPS) is 24.1. The Morgan fingerprint density at radius 3 is 2.91 bits per heavy atom. The van der Waals surface area contributed by atoms with Gasteiger partial charge in [-0.15, -0.1) is 0 Å². The Balaban J connectivity index is 1.55. The molecule has 0 radical (unpaired) electrons. The molecule has 124 valence electrons. The van der Waals surface area contributed by atoms with Crippen LogP contribution in [0.5, 0.6) is 0 Å². The first kappa shape index (κ1) is 16.0. The average molecular weight is 315 g/mol. The van der Waals surface area contributed by atoms with Crippen molar-refractivity contribution in [3.05, 3.63) is 18.0 Å². The van der Waals surface area contributed by atoms with Crippen LogP contribution in [0.25, 0.3) is 0 Å². The van der Waals surface area contributed by atoms with Crippen LogP contribution < -0.4 is 5.32 Å². The largest absolute Gasteiger partial charge is 0.337 e. The van der Waals surface area contributed by atoms with Crippen molar-refractivity contribution in [2.75, 3.05) is 13.1 Å². The summed E-state index contributed by atoms with van der Waals surface area (Å²) in [6, 6.07) is 2.63. The lowest BCUT2D eigenvalue weighted by molar-refractivity contribution is -0.124. The van der Waals surface area contributed by atoms with Crippen molar-refractivity contribution in [1.82, 2.24) is 20.0 Å². The van der Waals surface area contributed by atoms with Gasteiger partial charge in [0, 0.05) is 12.2 Å². The van der Waals surface area contributed by atoms with Crippen molar-refractivity contribution in [2.24, 2.45) is 5.92 Å². The lowest BCUT2D eigenvalue weighted by Gasteiger charge is -2.27. The highest BCUT2D eigenvalue weighted by molar-refractivity contribution is 5.79.